The van der Waals surface area contributed by atoms with Gasteiger partial charge in [-0.2, -0.15) is 5.10 Å². The Bertz CT molecular complexity index is 1110. The predicted molar refractivity (Wildman–Crippen MR) is 122 cm³/mol. The summed E-state index contributed by atoms with van der Waals surface area (Å²) in [4.78, 5) is 30.0. The molecule has 0 aliphatic carbocycles. The van der Waals surface area contributed by atoms with Gasteiger partial charge < -0.3 is 9.80 Å². The molecule has 0 saturated carbocycles. The molecule has 31 heavy (non-hydrogen) atoms. The van der Waals surface area contributed by atoms with Crippen LogP contribution in [0.15, 0.2) is 60.7 Å². The lowest BCUT2D eigenvalue weighted by Gasteiger charge is -2.43. The molecule has 0 N–H and O–H groups in total. The van der Waals surface area contributed by atoms with E-state index in [1.54, 1.807) is 11.6 Å². The third-order valence-corrected chi connectivity index (χ3v) is 5.98. The summed E-state index contributed by atoms with van der Waals surface area (Å²) in [5, 5.41) is 4.45. The number of aryl methyl sites for hydroxylation is 2. The van der Waals surface area contributed by atoms with Gasteiger partial charge in [-0.1, -0.05) is 43.3 Å². The van der Waals surface area contributed by atoms with E-state index in [1.807, 2.05) is 91.4 Å². The molecule has 1 aliphatic heterocycles. The van der Waals surface area contributed by atoms with Gasteiger partial charge in [-0.3, -0.25) is 14.3 Å². The van der Waals surface area contributed by atoms with Crippen LogP contribution >= 0.6 is 0 Å². The van der Waals surface area contributed by atoms with E-state index in [4.69, 9.17) is 0 Å². The molecule has 0 radical (unpaired) electrons. The lowest BCUT2D eigenvalue weighted by atomic mass is 9.89. The second-order valence-electron chi connectivity index (χ2n) is 8.06. The van der Waals surface area contributed by atoms with Crippen molar-refractivity contribution in [3.8, 4) is 0 Å². The van der Waals surface area contributed by atoms with Crippen molar-refractivity contribution in [2.75, 3.05) is 9.80 Å². The van der Waals surface area contributed by atoms with Gasteiger partial charge in [-0.05, 0) is 49.6 Å². The number of anilines is 2. The second-order valence-corrected chi connectivity index (χ2v) is 8.06. The third-order valence-electron chi connectivity index (χ3n) is 5.98. The van der Waals surface area contributed by atoms with Crippen LogP contribution in [0.5, 0.6) is 0 Å². The summed E-state index contributed by atoms with van der Waals surface area (Å²) in [6.07, 6.45) is 1.43. The zero-order valence-electron chi connectivity index (χ0n) is 18.4. The summed E-state index contributed by atoms with van der Waals surface area (Å²) >= 11 is 0. The van der Waals surface area contributed by atoms with E-state index in [1.165, 1.54) is 0 Å². The minimum absolute atomic E-state index is 0.0165. The first kappa shape index (κ1) is 20.8. The Balaban J connectivity index is 1.78. The van der Waals surface area contributed by atoms with Gasteiger partial charge in [0.25, 0.3) is 5.91 Å². The van der Waals surface area contributed by atoms with Gasteiger partial charge in [0.05, 0.1) is 11.7 Å². The molecule has 1 aliphatic rings. The molecule has 6 heteroatoms. The van der Waals surface area contributed by atoms with Crippen molar-refractivity contribution in [2.24, 2.45) is 7.05 Å². The monoisotopic (exact) mass is 416 g/mol. The molecule has 2 aromatic carbocycles. The van der Waals surface area contributed by atoms with E-state index in [2.05, 4.69) is 5.10 Å². The Hall–Kier alpha value is -3.41. The van der Waals surface area contributed by atoms with Gasteiger partial charge in [-0.25, -0.2) is 0 Å². The number of nitrogens with zero attached hydrogens (tertiary/aromatic N) is 4. The topological polar surface area (TPSA) is 58.4 Å². The highest BCUT2D eigenvalue weighted by Gasteiger charge is 2.38. The number of hydrogen-bond donors (Lipinski definition) is 0. The maximum Gasteiger partial charge on any atom is 0.276 e. The van der Waals surface area contributed by atoms with E-state index in [-0.39, 0.29) is 23.9 Å². The number of aromatic nitrogens is 2. The summed E-state index contributed by atoms with van der Waals surface area (Å²) in [5.74, 6) is -0.0839. The van der Waals surface area contributed by atoms with Crippen molar-refractivity contribution in [1.82, 2.24) is 9.78 Å². The SMILES string of the molecule is CCc1cc(C(=O)N2c3ccccc3[C@@H](N(C(C)=O)c3ccccc3)C[C@H]2C)n(C)n1. The van der Waals surface area contributed by atoms with Crippen LogP contribution < -0.4 is 9.80 Å². The zero-order valence-corrected chi connectivity index (χ0v) is 18.4. The predicted octanol–water partition coefficient (Wildman–Crippen LogP) is 4.52. The minimum Gasteiger partial charge on any atom is -0.305 e. The Morgan fingerprint density at radius 3 is 2.42 bits per heavy atom. The molecule has 0 fully saturated rings. The molecule has 4 rings (SSSR count). The lowest BCUT2D eigenvalue weighted by molar-refractivity contribution is -0.117. The molecule has 0 unspecified atom stereocenters. The highest BCUT2D eigenvalue weighted by Crippen LogP contribution is 2.42. The second kappa shape index (κ2) is 8.38. The summed E-state index contributed by atoms with van der Waals surface area (Å²) in [5.41, 5.74) is 4.15. The molecule has 0 saturated heterocycles. The molecule has 3 aromatic rings. The van der Waals surface area contributed by atoms with Crippen molar-refractivity contribution in [3.63, 3.8) is 0 Å². The number of para-hydroxylation sites is 2. The maximum absolute atomic E-state index is 13.6. The van der Waals surface area contributed by atoms with Gasteiger partial charge in [-0.15, -0.1) is 0 Å². The highest BCUT2D eigenvalue weighted by atomic mass is 16.2. The van der Waals surface area contributed by atoms with E-state index in [9.17, 15) is 9.59 Å². The maximum atomic E-state index is 13.6. The first-order valence-corrected chi connectivity index (χ1v) is 10.7. The molecular formula is C25H28N4O2. The Morgan fingerprint density at radius 2 is 1.77 bits per heavy atom. The largest absolute Gasteiger partial charge is 0.305 e. The van der Waals surface area contributed by atoms with Gasteiger partial charge >= 0.3 is 0 Å². The smallest absolute Gasteiger partial charge is 0.276 e. The van der Waals surface area contributed by atoms with E-state index >= 15 is 0 Å². The van der Waals surface area contributed by atoms with Gasteiger partial charge in [0, 0.05) is 31.4 Å². The summed E-state index contributed by atoms with van der Waals surface area (Å²) in [6.45, 7) is 5.67. The van der Waals surface area contributed by atoms with Crippen LogP contribution in [0.2, 0.25) is 0 Å². The first-order chi connectivity index (χ1) is 14.9. The molecule has 2 atom stereocenters. The number of carbonyl (C=O) groups excluding carboxylic acids is 2. The molecule has 0 bridgehead atoms. The average Bonchev–Trinajstić information content (AvgIpc) is 3.15. The Morgan fingerprint density at radius 1 is 1.10 bits per heavy atom. The van der Waals surface area contributed by atoms with Crippen LogP contribution in [0.4, 0.5) is 11.4 Å². The quantitative estimate of drug-likeness (QED) is 0.628. The van der Waals surface area contributed by atoms with Crippen LogP contribution in [0.25, 0.3) is 0 Å². The molecule has 6 nitrogen and oxygen atoms in total. The van der Waals surface area contributed by atoms with E-state index in [0.29, 0.717) is 12.1 Å². The van der Waals surface area contributed by atoms with Crippen LogP contribution in [-0.4, -0.2) is 27.6 Å². The fourth-order valence-electron chi connectivity index (χ4n) is 4.53. The van der Waals surface area contributed by atoms with Crippen molar-refractivity contribution in [1.29, 1.82) is 0 Å². The lowest BCUT2D eigenvalue weighted by Crippen LogP contribution is -2.47. The molecule has 2 amide bonds. The van der Waals surface area contributed by atoms with E-state index in [0.717, 1.165) is 29.1 Å². The van der Waals surface area contributed by atoms with Crippen molar-refractivity contribution < 1.29 is 9.59 Å². The average molecular weight is 417 g/mol. The van der Waals surface area contributed by atoms with Crippen molar-refractivity contribution in [2.45, 2.75) is 45.7 Å². The van der Waals surface area contributed by atoms with Crippen molar-refractivity contribution >= 4 is 23.2 Å². The fourth-order valence-corrected chi connectivity index (χ4v) is 4.53. The van der Waals surface area contributed by atoms with Crippen LogP contribution in [0.1, 0.15) is 55.0 Å². The summed E-state index contributed by atoms with van der Waals surface area (Å²) in [6, 6.07) is 19.3. The fraction of sp³-hybridized carbons (Fsp3) is 0.320. The number of hydrogen-bond acceptors (Lipinski definition) is 3. The minimum atomic E-state index is -0.145. The summed E-state index contributed by atoms with van der Waals surface area (Å²) < 4.78 is 1.66. The molecule has 1 aromatic heterocycles. The van der Waals surface area contributed by atoms with Crippen LogP contribution in [0.3, 0.4) is 0 Å². The number of amides is 2. The molecule has 160 valence electrons. The van der Waals surface area contributed by atoms with Gasteiger partial charge in [0.2, 0.25) is 5.91 Å². The van der Waals surface area contributed by atoms with E-state index < -0.39 is 0 Å². The molecule has 0 spiro atoms. The number of benzene rings is 2. The third kappa shape index (κ3) is 3.74. The highest BCUT2D eigenvalue weighted by molar-refractivity contribution is 6.06. The first-order valence-electron chi connectivity index (χ1n) is 10.7. The van der Waals surface area contributed by atoms with Crippen molar-refractivity contribution in [3.05, 3.63) is 77.6 Å². The Labute approximate surface area is 183 Å². The number of carbonyl (C=O) groups is 2. The standard InChI is InChI=1S/C25H28N4O2/c1-5-19-16-24(27(4)26-19)25(31)28-17(2)15-23(21-13-9-10-14-22(21)28)29(18(3)30)20-11-7-6-8-12-20/h6-14,16-17,23H,5,15H2,1-4H3/t17-,23+/m1/s1. The number of rotatable bonds is 4. The van der Waals surface area contributed by atoms with Crippen LogP contribution in [0, 0.1) is 0 Å². The number of fused-ring (bicyclic) bond motifs is 1. The Kier molecular flexibility index (Phi) is 5.63. The molecule has 2 heterocycles. The van der Waals surface area contributed by atoms with Crippen LogP contribution in [-0.2, 0) is 18.3 Å². The van der Waals surface area contributed by atoms with Gasteiger partial charge in [0.15, 0.2) is 0 Å². The molecular weight excluding hydrogens is 388 g/mol. The van der Waals surface area contributed by atoms with Gasteiger partial charge in [0.1, 0.15) is 5.69 Å². The summed E-state index contributed by atoms with van der Waals surface area (Å²) in [7, 11) is 1.81. The zero-order chi connectivity index (χ0) is 22.1. The normalized spacial score (nSPS) is 17.9.